The molecular formula is C25H26ClN3O2S. The Morgan fingerprint density at radius 2 is 1.94 bits per heavy atom. The highest BCUT2D eigenvalue weighted by molar-refractivity contribution is 7.80. The Balaban J connectivity index is 1.78. The lowest BCUT2D eigenvalue weighted by Crippen LogP contribution is -2.54. The number of carbonyl (C=O) groups is 2. The van der Waals surface area contributed by atoms with E-state index in [0.29, 0.717) is 16.6 Å². The predicted octanol–water partition coefficient (Wildman–Crippen LogP) is 5.20. The van der Waals surface area contributed by atoms with Crippen LogP contribution >= 0.6 is 23.8 Å². The van der Waals surface area contributed by atoms with Crippen molar-refractivity contribution in [3.05, 3.63) is 63.7 Å². The molecule has 0 aliphatic carbocycles. The lowest BCUT2D eigenvalue weighted by atomic mass is 9.79. The Morgan fingerprint density at radius 1 is 1.22 bits per heavy atom. The maximum Gasteiger partial charge on any atom is 0.270 e. The minimum Gasteiger partial charge on any atom is -0.369 e. The molecule has 0 unspecified atom stereocenters. The highest BCUT2D eigenvalue weighted by Gasteiger charge is 2.36. The molecule has 0 bridgehead atoms. The third-order valence-corrected chi connectivity index (χ3v) is 7.01. The van der Waals surface area contributed by atoms with Crippen LogP contribution in [0.5, 0.6) is 0 Å². The number of amides is 2. The predicted molar refractivity (Wildman–Crippen MR) is 134 cm³/mol. The average molecular weight is 468 g/mol. The van der Waals surface area contributed by atoms with Crippen LogP contribution in [0.15, 0.2) is 42.0 Å². The molecule has 2 heterocycles. The molecule has 1 N–H and O–H groups in total. The number of nitrogens with one attached hydrogen (secondary N) is 1. The third-order valence-electron chi connectivity index (χ3n) is 6.49. The molecule has 2 amide bonds. The van der Waals surface area contributed by atoms with Gasteiger partial charge in [-0.25, -0.2) is 0 Å². The second-order valence-electron chi connectivity index (χ2n) is 9.18. The first-order valence-electron chi connectivity index (χ1n) is 10.5. The zero-order valence-electron chi connectivity index (χ0n) is 18.8. The molecular weight excluding hydrogens is 442 g/mol. The maximum absolute atomic E-state index is 13.3. The lowest BCUT2D eigenvalue weighted by Gasteiger charge is -2.45. The van der Waals surface area contributed by atoms with Crippen molar-refractivity contribution < 1.29 is 9.59 Å². The monoisotopic (exact) mass is 467 g/mol. The van der Waals surface area contributed by atoms with E-state index in [1.807, 2.05) is 6.92 Å². The van der Waals surface area contributed by atoms with Gasteiger partial charge in [-0.2, -0.15) is 0 Å². The van der Waals surface area contributed by atoms with E-state index >= 15 is 0 Å². The molecule has 4 rings (SSSR count). The molecule has 0 spiro atoms. The van der Waals surface area contributed by atoms with Gasteiger partial charge < -0.3 is 4.90 Å². The molecule has 0 aromatic heterocycles. The molecule has 1 fully saturated rings. The topological polar surface area (TPSA) is 52.7 Å². The van der Waals surface area contributed by atoms with Gasteiger partial charge in [0.2, 0.25) is 0 Å². The lowest BCUT2D eigenvalue weighted by molar-refractivity contribution is -0.122. The van der Waals surface area contributed by atoms with Crippen LogP contribution in [0.1, 0.15) is 49.8 Å². The Bertz CT molecular complexity index is 1190. The van der Waals surface area contributed by atoms with E-state index in [4.69, 9.17) is 23.8 Å². The van der Waals surface area contributed by atoms with E-state index in [9.17, 15) is 9.59 Å². The van der Waals surface area contributed by atoms with Crippen LogP contribution < -0.4 is 15.1 Å². The number of carbonyl (C=O) groups excluding carboxylic acids is 2. The summed E-state index contributed by atoms with van der Waals surface area (Å²) in [6.07, 6.45) is 2.69. The van der Waals surface area contributed by atoms with Gasteiger partial charge in [0.25, 0.3) is 11.8 Å². The second-order valence-corrected chi connectivity index (χ2v) is 10.0. The zero-order valence-corrected chi connectivity index (χ0v) is 20.4. The third kappa shape index (κ3) is 3.82. The van der Waals surface area contributed by atoms with E-state index < -0.39 is 11.8 Å². The first-order valence-corrected chi connectivity index (χ1v) is 11.3. The highest BCUT2D eigenvalue weighted by atomic mass is 35.5. The van der Waals surface area contributed by atoms with E-state index in [1.165, 1.54) is 16.2 Å². The van der Waals surface area contributed by atoms with Gasteiger partial charge in [0, 0.05) is 23.3 Å². The minimum absolute atomic E-state index is 0.0405. The van der Waals surface area contributed by atoms with Crippen molar-refractivity contribution in [2.75, 3.05) is 16.8 Å². The molecule has 0 radical (unpaired) electrons. The molecule has 5 nitrogen and oxygen atoms in total. The summed E-state index contributed by atoms with van der Waals surface area (Å²) in [4.78, 5) is 29.7. The number of fused-ring (bicyclic) bond motifs is 1. The number of hydrogen-bond acceptors (Lipinski definition) is 4. The van der Waals surface area contributed by atoms with Crippen molar-refractivity contribution in [1.29, 1.82) is 0 Å². The van der Waals surface area contributed by atoms with Crippen LogP contribution in [-0.2, 0) is 9.59 Å². The van der Waals surface area contributed by atoms with Gasteiger partial charge >= 0.3 is 0 Å². The normalized spacial score (nSPS) is 21.6. The molecule has 2 aliphatic rings. The molecule has 1 atom stereocenters. The van der Waals surface area contributed by atoms with Gasteiger partial charge in [-0.3, -0.25) is 19.8 Å². The van der Waals surface area contributed by atoms with E-state index in [-0.39, 0.29) is 16.2 Å². The molecule has 1 saturated heterocycles. The van der Waals surface area contributed by atoms with Crippen LogP contribution in [0, 0.1) is 6.92 Å². The van der Waals surface area contributed by atoms with Crippen LogP contribution in [0.2, 0.25) is 5.02 Å². The smallest absolute Gasteiger partial charge is 0.270 e. The second kappa shape index (κ2) is 8.01. The molecule has 2 aromatic carbocycles. The van der Waals surface area contributed by atoms with Crippen molar-refractivity contribution in [1.82, 2.24) is 5.32 Å². The minimum atomic E-state index is -0.498. The summed E-state index contributed by atoms with van der Waals surface area (Å²) in [5.74, 6) is -0.605. The van der Waals surface area contributed by atoms with Crippen molar-refractivity contribution in [3.63, 3.8) is 0 Å². The van der Waals surface area contributed by atoms with E-state index in [1.54, 1.807) is 30.3 Å². The SMILES string of the molecule is Cc1cc2c(cc1/C=C1\C(=O)NC(=S)N(c3cccc(Cl)c3)C1=O)[C@@H](C)CC(C)(C)N2C. The Morgan fingerprint density at radius 3 is 2.62 bits per heavy atom. The number of thiocarbonyl (C=S) groups is 1. The van der Waals surface area contributed by atoms with Crippen LogP contribution in [0.4, 0.5) is 11.4 Å². The van der Waals surface area contributed by atoms with Gasteiger partial charge in [-0.15, -0.1) is 0 Å². The van der Waals surface area contributed by atoms with Crippen molar-refractivity contribution >= 4 is 58.2 Å². The summed E-state index contributed by atoms with van der Waals surface area (Å²) < 4.78 is 0. The Kier molecular flexibility index (Phi) is 5.63. The zero-order chi connectivity index (χ0) is 23.4. The van der Waals surface area contributed by atoms with Gasteiger partial charge in [-0.05, 0) is 98.4 Å². The summed E-state index contributed by atoms with van der Waals surface area (Å²) in [5, 5.41) is 3.15. The summed E-state index contributed by atoms with van der Waals surface area (Å²) >= 11 is 11.4. The summed E-state index contributed by atoms with van der Waals surface area (Å²) in [6.45, 7) is 8.71. The largest absolute Gasteiger partial charge is 0.369 e. The number of anilines is 2. The first kappa shape index (κ1) is 22.5. The number of benzene rings is 2. The molecule has 166 valence electrons. The van der Waals surface area contributed by atoms with Crippen LogP contribution in [0.3, 0.4) is 0 Å². The fourth-order valence-electron chi connectivity index (χ4n) is 4.55. The molecule has 2 aliphatic heterocycles. The number of nitrogens with zero attached hydrogens (tertiary/aromatic N) is 2. The fourth-order valence-corrected chi connectivity index (χ4v) is 5.02. The van der Waals surface area contributed by atoms with Gasteiger partial charge in [0.1, 0.15) is 5.57 Å². The van der Waals surface area contributed by atoms with Gasteiger partial charge in [0.05, 0.1) is 5.69 Å². The summed E-state index contributed by atoms with van der Waals surface area (Å²) in [5.41, 5.74) is 4.87. The van der Waals surface area contributed by atoms with Crippen molar-refractivity contribution in [2.45, 2.75) is 45.6 Å². The molecule has 32 heavy (non-hydrogen) atoms. The average Bonchev–Trinajstić information content (AvgIpc) is 2.69. The van der Waals surface area contributed by atoms with Crippen molar-refractivity contribution in [3.8, 4) is 0 Å². The number of aryl methyl sites for hydroxylation is 1. The standard InChI is InChI=1S/C25H26ClN3O2S/c1-14-9-21-19(15(2)13-25(3,4)28(21)5)10-16(14)11-20-22(30)27-24(32)29(23(20)31)18-8-6-7-17(26)12-18/h6-12,15H,13H2,1-5H3,(H,27,30,32)/b20-11+/t15-/m0/s1. The van der Waals surface area contributed by atoms with Gasteiger partial charge in [0.15, 0.2) is 5.11 Å². The van der Waals surface area contributed by atoms with Crippen LogP contribution in [-0.4, -0.2) is 29.5 Å². The molecule has 2 aromatic rings. The number of hydrogen-bond donors (Lipinski definition) is 1. The number of rotatable bonds is 2. The van der Waals surface area contributed by atoms with E-state index in [0.717, 1.165) is 17.5 Å². The summed E-state index contributed by atoms with van der Waals surface area (Å²) in [6, 6.07) is 11.1. The first-order chi connectivity index (χ1) is 15.0. The Hall–Kier alpha value is -2.70. The van der Waals surface area contributed by atoms with Crippen molar-refractivity contribution in [2.24, 2.45) is 0 Å². The Labute approximate surface area is 199 Å². The number of halogens is 1. The molecule has 0 saturated carbocycles. The fraction of sp³-hybridized carbons (Fsp3) is 0.320. The van der Waals surface area contributed by atoms with Crippen LogP contribution in [0.25, 0.3) is 6.08 Å². The van der Waals surface area contributed by atoms with E-state index in [2.05, 4.69) is 50.2 Å². The summed E-state index contributed by atoms with van der Waals surface area (Å²) in [7, 11) is 2.12. The maximum atomic E-state index is 13.3. The quantitative estimate of drug-likeness (QED) is 0.374. The van der Waals surface area contributed by atoms with Gasteiger partial charge in [-0.1, -0.05) is 24.6 Å². The highest BCUT2D eigenvalue weighted by Crippen LogP contribution is 2.43. The molecule has 7 heteroatoms.